The van der Waals surface area contributed by atoms with Gasteiger partial charge in [0.15, 0.2) is 5.16 Å². The minimum Gasteiger partial charge on any atom is -0.497 e. The molecule has 10 heteroatoms. The molecule has 160 valence electrons. The van der Waals surface area contributed by atoms with E-state index in [1.165, 1.54) is 31.0 Å². The second kappa shape index (κ2) is 8.56. The van der Waals surface area contributed by atoms with Crippen molar-refractivity contribution in [2.75, 3.05) is 11.8 Å². The zero-order chi connectivity index (χ0) is 22.0. The number of fused-ring (bicyclic) bond motifs is 1. The molecule has 4 aromatic rings. The number of anilines is 1. The first-order valence-electron chi connectivity index (χ1n) is 9.40. The molecule has 0 amide bonds. The molecule has 0 saturated heterocycles. The Morgan fingerprint density at radius 2 is 1.87 bits per heavy atom. The summed E-state index contributed by atoms with van der Waals surface area (Å²) in [6, 6.07) is 13.4. The van der Waals surface area contributed by atoms with Crippen molar-refractivity contribution in [2.24, 2.45) is 7.05 Å². The van der Waals surface area contributed by atoms with Crippen LogP contribution in [-0.4, -0.2) is 35.0 Å². The van der Waals surface area contributed by atoms with Gasteiger partial charge in [-0.15, -0.1) is 0 Å². The lowest BCUT2D eigenvalue weighted by Gasteiger charge is -2.09. The highest BCUT2D eigenvalue weighted by Gasteiger charge is 2.16. The average Bonchev–Trinajstić information content (AvgIpc) is 3.07. The van der Waals surface area contributed by atoms with Crippen LogP contribution in [0.3, 0.4) is 0 Å². The highest BCUT2D eigenvalue weighted by molar-refractivity contribution is 7.98. The molecule has 0 aliphatic heterocycles. The lowest BCUT2D eigenvalue weighted by molar-refractivity contribution is 0.414. The van der Waals surface area contributed by atoms with Gasteiger partial charge in [0.05, 0.1) is 34.5 Å². The van der Waals surface area contributed by atoms with Crippen molar-refractivity contribution in [1.29, 1.82) is 0 Å². The van der Waals surface area contributed by atoms with Crippen molar-refractivity contribution >= 4 is 38.5 Å². The van der Waals surface area contributed by atoms with Gasteiger partial charge in [-0.1, -0.05) is 11.8 Å². The fraction of sp³-hybridized carbons (Fsp3) is 0.190. The van der Waals surface area contributed by atoms with Crippen molar-refractivity contribution < 1.29 is 13.2 Å². The lowest BCUT2D eigenvalue weighted by Crippen LogP contribution is -2.12. The Kier molecular flexibility index (Phi) is 5.84. The van der Waals surface area contributed by atoms with Crippen LogP contribution in [0, 0.1) is 6.92 Å². The van der Waals surface area contributed by atoms with Crippen molar-refractivity contribution in [3.05, 3.63) is 66.2 Å². The molecule has 2 aromatic heterocycles. The summed E-state index contributed by atoms with van der Waals surface area (Å²) in [5.74, 6) is 2.04. The third kappa shape index (κ3) is 4.64. The highest BCUT2D eigenvalue weighted by atomic mass is 32.2. The van der Waals surface area contributed by atoms with E-state index in [1.807, 2.05) is 30.7 Å². The van der Waals surface area contributed by atoms with E-state index in [-0.39, 0.29) is 4.90 Å². The number of nitrogens with zero attached hydrogens (tertiary/aromatic N) is 4. The number of nitrogens with one attached hydrogen (secondary N) is 1. The Morgan fingerprint density at radius 3 is 2.58 bits per heavy atom. The van der Waals surface area contributed by atoms with Crippen LogP contribution in [0.5, 0.6) is 5.75 Å². The highest BCUT2D eigenvalue weighted by Crippen LogP contribution is 2.25. The number of thioether (sulfide) groups is 1. The molecule has 0 radical (unpaired) electrons. The van der Waals surface area contributed by atoms with Gasteiger partial charge in [-0.25, -0.2) is 23.4 Å². The van der Waals surface area contributed by atoms with E-state index in [0.717, 1.165) is 17.0 Å². The average molecular weight is 456 g/mol. The summed E-state index contributed by atoms with van der Waals surface area (Å²) in [4.78, 5) is 13.5. The van der Waals surface area contributed by atoms with E-state index in [2.05, 4.69) is 19.7 Å². The van der Waals surface area contributed by atoms with Crippen LogP contribution in [0.2, 0.25) is 0 Å². The third-order valence-electron chi connectivity index (χ3n) is 4.70. The number of benzene rings is 2. The van der Waals surface area contributed by atoms with Gasteiger partial charge in [0.2, 0.25) is 0 Å². The van der Waals surface area contributed by atoms with Crippen molar-refractivity contribution in [3.63, 3.8) is 0 Å². The summed E-state index contributed by atoms with van der Waals surface area (Å²) in [5, 5.41) is 0.694. The smallest absolute Gasteiger partial charge is 0.261 e. The van der Waals surface area contributed by atoms with Crippen molar-refractivity contribution in [3.8, 4) is 5.75 Å². The molecule has 0 aliphatic carbocycles. The molecule has 4 rings (SSSR count). The number of methoxy groups -OCH3 is 1. The molecule has 0 fully saturated rings. The van der Waals surface area contributed by atoms with Gasteiger partial charge in [0, 0.05) is 18.9 Å². The molecular formula is C21H21N5O3S2. The van der Waals surface area contributed by atoms with Crippen LogP contribution in [0.25, 0.3) is 11.0 Å². The van der Waals surface area contributed by atoms with Gasteiger partial charge in [-0.3, -0.25) is 4.72 Å². The van der Waals surface area contributed by atoms with Crippen LogP contribution in [-0.2, 0) is 22.8 Å². The van der Waals surface area contributed by atoms with Gasteiger partial charge in [-0.2, -0.15) is 0 Å². The van der Waals surface area contributed by atoms with Gasteiger partial charge in [-0.05, 0) is 55.5 Å². The number of hydrogen-bond donors (Lipinski definition) is 1. The normalized spacial score (nSPS) is 11.6. The molecule has 31 heavy (non-hydrogen) atoms. The zero-order valence-corrected chi connectivity index (χ0v) is 18.9. The Labute approximate surface area is 184 Å². The summed E-state index contributed by atoms with van der Waals surface area (Å²) in [6.45, 7) is 1.93. The summed E-state index contributed by atoms with van der Waals surface area (Å²) in [7, 11) is -0.255. The number of imidazole rings is 1. The molecule has 0 atom stereocenters. The quantitative estimate of drug-likeness (QED) is 0.334. The monoisotopic (exact) mass is 455 g/mol. The first-order chi connectivity index (χ1) is 14.9. The third-order valence-corrected chi connectivity index (χ3v) is 6.95. The summed E-state index contributed by atoms with van der Waals surface area (Å²) in [6.07, 6.45) is 1.74. The molecular weight excluding hydrogens is 434 g/mol. The zero-order valence-electron chi connectivity index (χ0n) is 17.2. The minimum absolute atomic E-state index is 0.157. The van der Waals surface area contributed by atoms with Gasteiger partial charge >= 0.3 is 0 Å². The van der Waals surface area contributed by atoms with E-state index in [9.17, 15) is 8.42 Å². The first kappa shape index (κ1) is 21.1. The molecule has 0 spiro atoms. The molecule has 0 bridgehead atoms. The molecule has 1 N–H and O–H groups in total. The summed E-state index contributed by atoms with van der Waals surface area (Å²) >= 11 is 1.50. The number of sulfonamides is 1. The van der Waals surface area contributed by atoms with Gasteiger partial charge < -0.3 is 9.30 Å². The van der Waals surface area contributed by atoms with Crippen LogP contribution in [0.4, 0.5) is 5.69 Å². The van der Waals surface area contributed by atoms with E-state index in [0.29, 0.717) is 27.9 Å². The Bertz CT molecular complexity index is 1340. The maximum absolute atomic E-state index is 12.7. The SMILES string of the molecule is COc1ccc(S(=O)(=O)Nc2ccc3c(c2)nc(CSc2nccc(C)n2)n3C)cc1. The number of aromatic nitrogens is 4. The van der Waals surface area contributed by atoms with Gasteiger partial charge in [0.1, 0.15) is 11.6 Å². The van der Waals surface area contributed by atoms with Crippen LogP contribution in [0.15, 0.2) is 64.8 Å². The Hall–Kier alpha value is -3.11. The predicted octanol–water partition coefficient (Wildman–Crippen LogP) is 3.77. The van der Waals surface area contributed by atoms with Crippen LogP contribution < -0.4 is 9.46 Å². The van der Waals surface area contributed by atoms with E-state index in [4.69, 9.17) is 4.74 Å². The fourth-order valence-electron chi connectivity index (χ4n) is 3.04. The van der Waals surface area contributed by atoms with Crippen LogP contribution >= 0.6 is 11.8 Å². The molecule has 2 aromatic carbocycles. The largest absolute Gasteiger partial charge is 0.497 e. The number of ether oxygens (including phenoxy) is 1. The van der Waals surface area contributed by atoms with Crippen LogP contribution in [0.1, 0.15) is 11.5 Å². The topological polar surface area (TPSA) is 99.0 Å². The molecule has 8 nitrogen and oxygen atoms in total. The predicted molar refractivity (Wildman–Crippen MR) is 121 cm³/mol. The maximum atomic E-state index is 12.7. The van der Waals surface area contributed by atoms with Crippen molar-refractivity contribution in [1.82, 2.24) is 19.5 Å². The Balaban J connectivity index is 1.55. The molecule has 0 aliphatic rings. The maximum Gasteiger partial charge on any atom is 0.261 e. The standard InChI is InChI=1S/C21H21N5O3S2/c1-14-10-11-22-21(23-14)30-13-20-24-18-12-15(4-9-19(18)26(20)2)25-31(27,28)17-7-5-16(29-3)6-8-17/h4-12,25H,13H2,1-3H3. The number of aryl methyl sites for hydroxylation is 2. The Morgan fingerprint density at radius 1 is 1.10 bits per heavy atom. The summed E-state index contributed by atoms with van der Waals surface area (Å²) in [5.41, 5.74) is 2.98. The minimum atomic E-state index is -3.72. The van der Waals surface area contributed by atoms with Crippen molar-refractivity contribution in [2.45, 2.75) is 22.7 Å². The van der Waals surface area contributed by atoms with E-state index >= 15 is 0 Å². The second-order valence-electron chi connectivity index (χ2n) is 6.84. The second-order valence-corrected chi connectivity index (χ2v) is 9.47. The molecule has 2 heterocycles. The van der Waals surface area contributed by atoms with Gasteiger partial charge in [0.25, 0.3) is 10.0 Å². The van der Waals surface area contributed by atoms with E-state index in [1.54, 1.807) is 30.5 Å². The number of rotatable bonds is 7. The molecule has 0 saturated carbocycles. The van der Waals surface area contributed by atoms with E-state index < -0.39 is 10.0 Å². The lowest BCUT2D eigenvalue weighted by atomic mass is 10.3. The fourth-order valence-corrected chi connectivity index (χ4v) is 4.95. The summed E-state index contributed by atoms with van der Waals surface area (Å²) < 4.78 is 35.1. The first-order valence-corrected chi connectivity index (χ1v) is 11.9. The molecule has 0 unspecified atom stereocenters. The number of hydrogen-bond acceptors (Lipinski definition) is 7.